The fourth-order valence-corrected chi connectivity index (χ4v) is 3.49. The topological polar surface area (TPSA) is 47.3 Å². The first-order valence-electron chi connectivity index (χ1n) is 6.01. The minimum atomic E-state index is -0.727. The molecule has 1 atom stereocenters. The number of thiophene rings is 1. The molecule has 0 fully saturated rings. The summed E-state index contributed by atoms with van der Waals surface area (Å²) in [5.41, 5.74) is 0.700. The van der Waals surface area contributed by atoms with Crippen molar-refractivity contribution in [1.29, 1.82) is 0 Å². The number of aryl methyl sites for hydroxylation is 1. The number of rotatable bonds is 4. The smallest absolute Gasteiger partial charge is 0.163 e. The number of aliphatic hydroxyl groups is 1. The first-order chi connectivity index (χ1) is 8.95. The van der Waals surface area contributed by atoms with Crippen LogP contribution in [0.25, 0.3) is 0 Å². The summed E-state index contributed by atoms with van der Waals surface area (Å²) >= 11 is 5.04. The Morgan fingerprint density at radius 2 is 2.16 bits per heavy atom. The molecule has 0 amide bonds. The van der Waals surface area contributed by atoms with Crippen LogP contribution in [0.2, 0.25) is 0 Å². The molecule has 0 aliphatic rings. The van der Waals surface area contributed by atoms with Gasteiger partial charge in [-0.25, -0.2) is 0 Å². The second-order valence-corrected chi connectivity index (χ2v) is 6.73. The standard InChI is InChI=1S/C13H17BrN2O2S/c1-7(2)16-12(10(18-4)6-15-16)13(17)11-5-9(14)8(3)19-11/h5-7,13,17H,1-4H3. The molecule has 0 aromatic carbocycles. The van der Waals surface area contributed by atoms with E-state index in [0.717, 1.165) is 14.2 Å². The van der Waals surface area contributed by atoms with Crippen LogP contribution in [-0.4, -0.2) is 22.0 Å². The van der Waals surface area contributed by atoms with Crippen molar-refractivity contribution in [1.82, 2.24) is 9.78 Å². The second-order valence-electron chi connectivity index (χ2n) is 4.59. The Kier molecular flexibility index (Phi) is 4.32. The average molecular weight is 345 g/mol. The molecule has 0 aliphatic heterocycles. The monoisotopic (exact) mass is 344 g/mol. The summed E-state index contributed by atoms with van der Waals surface area (Å²) in [4.78, 5) is 2.02. The maximum Gasteiger partial charge on any atom is 0.163 e. The number of nitrogens with zero attached hydrogens (tertiary/aromatic N) is 2. The van der Waals surface area contributed by atoms with E-state index in [4.69, 9.17) is 4.74 Å². The quantitative estimate of drug-likeness (QED) is 0.919. The molecule has 1 unspecified atom stereocenters. The van der Waals surface area contributed by atoms with Crippen LogP contribution < -0.4 is 4.74 Å². The SMILES string of the molecule is COc1cnn(C(C)C)c1C(O)c1cc(Br)c(C)s1. The van der Waals surface area contributed by atoms with Crippen LogP contribution in [0, 0.1) is 6.92 Å². The van der Waals surface area contributed by atoms with Crippen LogP contribution in [0.5, 0.6) is 5.75 Å². The molecule has 0 saturated carbocycles. The summed E-state index contributed by atoms with van der Waals surface area (Å²) in [5, 5.41) is 14.9. The first-order valence-corrected chi connectivity index (χ1v) is 7.62. The van der Waals surface area contributed by atoms with Gasteiger partial charge in [0, 0.05) is 20.3 Å². The molecule has 19 heavy (non-hydrogen) atoms. The lowest BCUT2D eigenvalue weighted by Crippen LogP contribution is -2.12. The van der Waals surface area contributed by atoms with Crippen molar-refractivity contribution < 1.29 is 9.84 Å². The number of ether oxygens (including phenoxy) is 1. The van der Waals surface area contributed by atoms with Crippen molar-refractivity contribution in [2.24, 2.45) is 0 Å². The molecule has 6 heteroatoms. The number of aromatic nitrogens is 2. The summed E-state index contributed by atoms with van der Waals surface area (Å²) in [6, 6.07) is 2.11. The van der Waals surface area contributed by atoms with Gasteiger partial charge in [0.2, 0.25) is 0 Å². The highest BCUT2D eigenvalue weighted by Gasteiger charge is 2.24. The van der Waals surface area contributed by atoms with Gasteiger partial charge < -0.3 is 9.84 Å². The highest BCUT2D eigenvalue weighted by Crippen LogP contribution is 2.37. The highest BCUT2D eigenvalue weighted by atomic mass is 79.9. The van der Waals surface area contributed by atoms with Gasteiger partial charge in [0.05, 0.1) is 13.3 Å². The molecule has 2 aromatic heterocycles. The molecule has 2 heterocycles. The number of methoxy groups -OCH3 is 1. The third-order valence-electron chi connectivity index (χ3n) is 2.91. The lowest BCUT2D eigenvalue weighted by molar-refractivity contribution is 0.203. The summed E-state index contributed by atoms with van der Waals surface area (Å²) in [6.07, 6.45) is 0.920. The Morgan fingerprint density at radius 3 is 2.63 bits per heavy atom. The van der Waals surface area contributed by atoms with E-state index in [0.29, 0.717) is 11.4 Å². The van der Waals surface area contributed by atoms with E-state index in [-0.39, 0.29) is 6.04 Å². The number of halogens is 1. The second kappa shape index (κ2) is 5.64. The summed E-state index contributed by atoms with van der Waals surface area (Å²) in [5.74, 6) is 0.614. The lowest BCUT2D eigenvalue weighted by Gasteiger charge is -2.16. The minimum Gasteiger partial charge on any atom is -0.493 e. The zero-order chi connectivity index (χ0) is 14.2. The molecular weight excluding hydrogens is 328 g/mol. The molecule has 0 spiro atoms. The van der Waals surface area contributed by atoms with Crippen molar-refractivity contribution in [2.45, 2.75) is 32.9 Å². The molecule has 4 nitrogen and oxygen atoms in total. The van der Waals surface area contributed by atoms with Gasteiger partial charge in [0.1, 0.15) is 11.8 Å². The summed E-state index contributed by atoms with van der Waals surface area (Å²) in [6.45, 7) is 6.07. The predicted octanol–water partition coefficient (Wildman–Crippen LogP) is 3.69. The maximum atomic E-state index is 10.6. The predicted molar refractivity (Wildman–Crippen MR) is 80.0 cm³/mol. The maximum absolute atomic E-state index is 10.6. The Morgan fingerprint density at radius 1 is 1.47 bits per heavy atom. The fourth-order valence-electron chi connectivity index (χ4n) is 1.94. The van der Waals surface area contributed by atoms with Crippen molar-refractivity contribution in [3.8, 4) is 5.75 Å². The van der Waals surface area contributed by atoms with Crippen LogP contribution in [0.15, 0.2) is 16.7 Å². The van der Waals surface area contributed by atoms with E-state index in [1.165, 1.54) is 0 Å². The van der Waals surface area contributed by atoms with Crippen LogP contribution >= 0.6 is 27.3 Å². The van der Waals surface area contributed by atoms with Gasteiger partial charge in [-0.05, 0) is 42.8 Å². The Hall–Kier alpha value is -0.850. The fraction of sp³-hybridized carbons (Fsp3) is 0.462. The summed E-state index contributed by atoms with van der Waals surface area (Å²) in [7, 11) is 1.59. The van der Waals surface area contributed by atoms with Crippen LogP contribution in [0.4, 0.5) is 0 Å². The molecule has 0 radical (unpaired) electrons. The minimum absolute atomic E-state index is 0.165. The Balaban J connectivity index is 2.47. The van der Waals surface area contributed by atoms with E-state index in [2.05, 4.69) is 21.0 Å². The third-order valence-corrected chi connectivity index (χ3v) is 5.10. The van der Waals surface area contributed by atoms with Gasteiger partial charge in [0.15, 0.2) is 5.75 Å². The van der Waals surface area contributed by atoms with Gasteiger partial charge in [0.25, 0.3) is 0 Å². The van der Waals surface area contributed by atoms with E-state index in [1.807, 2.05) is 26.8 Å². The number of hydrogen-bond donors (Lipinski definition) is 1. The number of hydrogen-bond acceptors (Lipinski definition) is 4. The van der Waals surface area contributed by atoms with Gasteiger partial charge in [-0.1, -0.05) is 0 Å². The average Bonchev–Trinajstić information content (AvgIpc) is 2.93. The normalized spacial score (nSPS) is 13.0. The molecule has 1 N–H and O–H groups in total. The van der Waals surface area contributed by atoms with Crippen LogP contribution in [-0.2, 0) is 0 Å². The van der Waals surface area contributed by atoms with Crippen molar-refractivity contribution in [3.05, 3.63) is 32.2 Å². The lowest BCUT2D eigenvalue weighted by atomic mass is 10.2. The van der Waals surface area contributed by atoms with Gasteiger partial charge >= 0.3 is 0 Å². The molecule has 2 rings (SSSR count). The van der Waals surface area contributed by atoms with Crippen molar-refractivity contribution >= 4 is 27.3 Å². The largest absolute Gasteiger partial charge is 0.493 e. The van der Waals surface area contributed by atoms with E-state index < -0.39 is 6.10 Å². The van der Waals surface area contributed by atoms with E-state index >= 15 is 0 Å². The van der Waals surface area contributed by atoms with Gasteiger partial charge in [-0.2, -0.15) is 5.10 Å². The van der Waals surface area contributed by atoms with E-state index in [9.17, 15) is 5.11 Å². The summed E-state index contributed by atoms with van der Waals surface area (Å²) < 4.78 is 8.12. The molecular formula is C13H17BrN2O2S. The molecule has 104 valence electrons. The van der Waals surface area contributed by atoms with E-state index in [1.54, 1.807) is 29.3 Å². The molecule has 0 bridgehead atoms. The zero-order valence-corrected chi connectivity index (χ0v) is 13.7. The molecule has 2 aromatic rings. The zero-order valence-electron chi connectivity index (χ0n) is 11.3. The van der Waals surface area contributed by atoms with Crippen molar-refractivity contribution in [2.75, 3.05) is 7.11 Å². The molecule has 0 saturated heterocycles. The Bertz CT molecular complexity index is 558. The van der Waals surface area contributed by atoms with Gasteiger partial charge in [-0.15, -0.1) is 11.3 Å². The number of aliphatic hydroxyl groups excluding tert-OH is 1. The highest BCUT2D eigenvalue weighted by molar-refractivity contribution is 9.10. The van der Waals surface area contributed by atoms with Crippen molar-refractivity contribution in [3.63, 3.8) is 0 Å². The van der Waals surface area contributed by atoms with Crippen LogP contribution in [0.1, 0.15) is 41.4 Å². The van der Waals surface area contributed by atoms with Crippen LogP contribution in [0.3, 0.4) is 0 Å². The van der Waals surface area contributed by atoms with Gasteiger partial charge in [-0.3, -0.25) is 4.68 Å². The first kappa shape index (κ1) is 14.6. The Labute approximate surface area is 125 Å². The third kappa shape index (κ3) is 2.70. The molecule has 0 aliphatic carbocycles.